The summed E-state index contributed by atoms with van der Waals surface area (Å²) in [6.07, 6.45) is 1.77. The van der Waals surface area contributed by atoms with E-state index in [-0.39, 0.29) is 22.7 Å². The number of hydrogen-bond acceptors (Lipinski definition) is 5. The minimum atomic E-state index is -0.377. The lowest BCUT2D eigenvalue weighted by Crippen LogP contribution is -2.29. The molecule has 2 aromatic heterocycles. The van der Waals surface area contributed by atoms with Crippen LogP contribution in [0.15, 0.2) is 48.7 Å². The number of pyridine rings is 1. The lowest BCUT2D eigenvalue weighted by molar-refractivity contribution is -0.384. The largest absolute Gasteiger partial charge is 0.496 e. The maximum atomic E-state index is 11.8. The van der Waals surface area contributed by atoms with Crippen molar-refractivity contribution in [3.05, 3.63) is 81.4 Å². The Morgan fingerprint density at radius 3 is 2.66 bits per heavy atom. The molecule has 1 N–H and O–H groups in total. The van der Waals surface area contributed by atoms with Gasteiger partial charge in [-0.05, 0) is 68.9 Å². The van der Waals surface area contributed by atoms with Gasteiger partial charge in [-0.15, -0.1) is 0 Å². The van der Waals surface area contributed by atoms with Gasteiger partial charge in [0.25, 0.3) is 5.69 Å². The minimum absolute atomic E-state index is 0.00797. The molecule has 1 aliphatic heterocycles. The Bertz CT molecular complexity index is 1180. The number of nitro benzene ring substituents is 1. The molecule has 3 heterocycles. The van der Waals surface area contributed by atoms with Crippen molar-refractivity contribution in [2.45, 2.75) is 32.9 Å². The third-order valence-corrected chi connectivity index (χ3v) is 6.30. The molecule has 0 saturated carbocycles. The Labute approximate surface area is 192 Å². The van der Waals surface area contributed by atoms with Gasteiger partial charge in [0.2, 0.25) is 0 Å². The molecule has 3 aromatic rings. The molecule has 8 nitrogen and oxygen atoms in total. The molecule has 0 spiro atoms. The summed E-state index contributed by atoms with van der Waals surface area (Å²) in [5.74, 6) is 0.445. The van der Waals surface area contributed by atoms with Crippen molar-refractivity contribution in [3.63, 3.8) is 0 Å². The third kappa shape index (κ3) is 3.58. The highest BCUT2D eigenvalue weighted by molar-refractivity contribution is 7.80. The molecule has 0 bridgehead atoms. The molecule has 4 rings (SSSR count). The fourth-order valence-electron chi connectivity index (χ4n) is 4.51. The van der Waals surface area contributed by atoms with E-state index < -0.39 is 0 Å². The summed E-state index contributed by atoms with van der Waals surface area (Å²) in [7, 11) is 1.50. The number of likely N-dealkylation sites (N-methyl/N-ethyl adjacent to an activating group) is 1. The van der Waals surface area contributed by atoms with E-state index >= 15 is 0 Å². The predicted octanol–water partition coefficient (Wildman–Crippen LogP) is 4.40. The van der Waals surface area contributed by atoms with Crippen molar-refractivity contribution < 1.29 is 9.66 Å². The zero-order valence-electron chi connectivity index (χ0n) is 18.4. The number of aromatic nitrogens is 2. The quantitative estimate of drug-likeness (QED) is 0.338. The fraction of sp³-hybridized carbons (Fsp3) is 0.304. The van der Waals surface area contributed by atoms with Crippen LogP contribution in [0.25, 0.3) is 5.69 Å². The first-order valence-electron chi connectivity index (χ1n) is 10.4. The van der Waals surface area contributed by atoms with E-state index in [0.717, 1.165) is 29.2 Å². The maximum Gasteiger partial charge on any atom is 0.296 e. The van der Waals surface area contributed by atoms with Gasteiger partial charge in [0.15, 0.2) is 5.11 Å². The summed E-state index contributed by atoms with van der Waals surface area (Å²) in [6, 6.07) is 12.6. The van der Waals surface area contributed by atoms with E-state index in [1.165, 1.54) is 13.2 Å². The number of nitro groups is 1. The molecule has 1 aliphatic rings. The zero-order valence-corrected chi connectivity index (χ0v) is 19.2. The lowest BCUT2D eigenvalue weighted by Gasteiger charge is -2.27. The molecule has 0 aliphatic carbocycles. The van der Waals surface area contributed by atoms with Gasteiger partial charge in [-0.25, -0.2) is 0 Å². The van der Waals surface area contributed by atoms with Gasteiger partial charge in [0, 0.05) is 24.1 Å². The molecule has 2 atom stereocenters. The number of ether oxygens (including phenoxy) is 1. The van der Waals surface area contributed by atoms with Gasteiger partial charge in [0.1, 0.15) is 11.4 Å². The summed E-state index contributed by atoms with van der Waals surface area (Å²) >= 11 is 5.63. The second kappa shape index (κ2) is 8.58. The van der Waals surface area contributed by atoms with Gasteiger partial charge in [0.05, 0.1) is 35.9 Å². The van der Waals surface area contributed by atoms with Gasteiger partial charge in [-0.2, -0.15) is 0 Å². The number of rotatable bonds is 6. The molecule has 0 unspecified atom stereocenters. The van der Waals surface area contributed by atoms with Crippen LogP contribution < -0.4 is 10.1 Å². The second-order valence-corrected chi connectivity index (χ2v) is 8.07. The predicted molar refractivity (Wildman–Crippen MR) is 126 cm³/mol. The van der Waals surface area contributed by atoms with Crippen LogP contribution in [0.3, 0.4) is 0 Å². The summed E-state index contributed by atoms with van der Waals surface area (Å²) in [4.78, 5) is 18.1. The highest BCUT2D eigenvalue weighted by Crippen LogP contribution is 2.42. The van der Waals surface area contributed by atoms with Crippen molar-refractivity contribution >= 4 is 23.0 Å². The number of aryl methyl sites for hydroxylation is 1. The molecule has 32 heavy (non-hydrogen) atoms. The topological polar surface area (TPSA) is 85.5 Å². The Hall–Kier alpha value is -3.46. The first-order valence-corrected chi connectivity index (χ1v) is 10.8. The first-order chi connectivity index (χ1) is 15.4. The summed E-state index contributed by atoms with van der Waals surface area (Å²) in [5.41, 5.74) is 4.27. The Kier molecular flexibility index (Phi) is 5.84. The van der Waals surface area contributed by atoms with Crippen LogP contribution >= 0.6 is 12.2 Å². The van der Waals surface area contributed by atoms with Crippen molar-refractivity contribution in [1.82, 2.24) is 19.8 Å². The standard InChI is InChI=1S/C23H25N5O3S/c1-5-26-22(21(25-23(26)32)18-8-6-7-11-24-18)17-12-14(2)27(15(17)3)19-10-9-16(31-4)13-20(19)28(29)30/h6-13,21-22H,5H2,1-4H3,(H,25,32)/t21-,22-/m1/s1. The Balaban J connectivity index is 1.87. The average Bonchev–Trinajstić information content (AvgIpc) is 3.28. The number of methoxy groups -OCH3 is 1. The number of nitrogens with zero attached hydrogens (tertiary/aromatic N) is 4. The summed E-state index contributed by atoms with van der Waals surface area (Å²) in [5, 5.41) is 15.9. The number of benzene rings is 1. The van der Waals surface area contributed by atoms with Crippen LogP contribution in [0.2, 0.25) is 0 Å². The normalized spacial score (nSPS) is 18.0. The zero-order chi connectivity index (χ0) is 23.0. The van der Waals surface area contributed by atoms with E-state index in [2.05, 4.69) is 28.2 Å². The van der Waals surface area contributed by atoms with Crippen LogP contribution in [0.4, 0.5) is 5.69 Å². The van der Waals surface area contributed by atoms with E-state index in [1.807, 2.05) is 36.6 Å². The first kappa shape index (κ1) is 21.8. The molecule has 9 heteroatoms. The maximum absolute atomic E-state index is 11.8. The highest BCUT2D eigenvalue weighted by Gasteiger charge is 2.40. The van der Waals surface area contributed by atoms with E-state index in [4.69, 9.17) is 17.0 Å². The fourth-order valence-corrected chi connectivity index (χ4v) is 4.88. The smallest absolute Gasteiger partial charge is 0.296 e. The van der Waals surface area contributed by atoms with Crippen LogP contribution in [0, 0.1) is 24.0 Å². The summed E-state index contributed by atoms with van der Waals surface area (Å²) in [6.45, 7) is 6.74. The van der Waals surface area contributed by atoms with E-state index in [1.54, 1.807) is 18.3 Å². The monoisotopic (exact) mass is 451 g/mol. The Morgan fingerprint density at radius 2 is 2.03 bits per heavy atom. The molecule has 0 amide bonds. The summed E-state index contributed by atoms with van der Waals surface area (Å²) < 4.78 is 7.12. The molecule has 1 saturated heterocycles. The number of nitrogens with one attached hydrogen (secondary N) is 1. The van der Waals surface area contributed by atoms with Crippen molar-refractivity contribution in [3.8, 4) is 11.4 Å². The van der Waals surface area contributed by atoms with Crippen molar-refractivity contribution in [2.24, 2.45) is 0 Å². The van der Waals surface area contributed by atoms with E-state index in [0.29, 0.717) is 16.5 Å². The molecular weight excluding hydrogens is 426 g/mol. The Morgan fingerprint density at radius 1 is 1.25 bits per heavy atom. The van der Waals surface area contributed by atoms with Crippen LogP contribution in [-0.2, 0) is 0 Å². The highest BCUT2D eigenvalue weighted by atomic mass is 32.1. The van der Waals surface area contributed by atoms with Gasteiger partial charge < -0.3 is 19.5 Å². The van der Waals surface area contributed by atoms with Crippen LogP contribution in [0.5, 0.6) is 5.75 Å². The molecule has 1 aromatic carbocycles. The number of thiocarbonyl (C=S) groups is 1. The molecular formula is C23H25N5O3S. The molecule has 0 radical (unpaired) electrons. The lowest BCUT2D eigenvalue weighted by atomic mass is 9.97. The molecule has 166 valence electrons. The van der Waals surface area contributed by atoms with Gasteiger partial charge >= 0.3 is 0 Å². The van der Waals surface area contributed by atoms with Crippen molar-refractivity contribution in [1.29, 1.82) is 0 Å². The number of hydrogen-bond donors (Lipinski definition) is 1. The van der Waals surface area contributed by atoms with E-state index in [9.17, 15) is 10.1 Å². The molecule has 1 fully saturated rings. The van der Waals surface area contributed by atoms with Crippen LogP contribution in [0.1, 0.15) is 41.7 Å². The van der Waals surface area contributed by atoms with Gasteiger partial charge in [-0.1, -0.05) is 6.07 Å². The van der Waals surface area contributed by atoms with Crippen molar-refractivity contribution in [2.75, 3.05) is 13.7 Å². The van der Waals surface area contributed by atoms with Gasteiger partial charge in [-0.3, -0.25) is 15.1 Å². The second-order valence-electron chi connectivity index (χ2n) is 7.69. The SMILES string of the molecule is CCN1C(=S)N[C@H](c2ccccn2)[C@H]1c1cc(C)n(-c2ccc(OC)cc2[N+](=O)[O-])c1C. The van der Waals surface area contributed by atoms with Crippen LogP contribution in [-0.4, -0.2) is 38.1 Å². The average molecular weight is 452 g/mol. The minimum Gasteiger partial charge on any atom is -0.496 e. The third-order valence-electron chi connectivity index (χ3n) is 5.95.